The minimum atomic E-state index is -0.826. The average Bonchev–Trinajstić information content (AvgIpc) is 2.93. The van der Waals surface area contributed by atoms with Crippen LogP contribution < -0.4 is 10.9 Å². The molecule has 2 rings (SSSR count). The van der Waals surface area contributed by atoms with Gasteiger partial charge in [-0.3, -0.25) is 29.8 Å². The smallest absolute Gasteiger partial charge is 0.269 e. The molecule has 152 valence electrons. The Morgan fingerprint density at radius 2 is 0.966 bits per heavy atom. The molecule has 0 fully saturated rings. The van der Waals surface area contributed by atoms with Gasteiger partial charge in [0.1, 0.15) is 0 Å². The molecular weight excluding hydrogens is 595 g/mol. The van der Waals surface area contributed by atoms with Crippen molar-refractivity contribution in [1.82, 2.24) is 0 Å². The molecule has 0 amide bonds. The molecule has 29 heavy (non-hydrogen) atoms. The Morgan fingerprint density at radius 3 is 1.21 bits per heavy atom. The summed E-state index contributed by atoms with van der Waals surface area (Å²) in [6.45, 7) is 0. The zero-order valence-electron chi connectivity index (χ0n) is 14.0. The van der Waals surface area contributed by atoms with E-state index in [2.05, 4.69) is 2.91 Å². The van der Waals surface area contributed by atoms with Gasteiger partial charge in [0.15, 0.2) is 11.5 Å². The van der Waals surface area contributed by atoms with Crippen LogP contribution in [0.15, 0.2) is 58.1 Å². The van der Waals surface area contributed by atoms with E-state index in [9.17, 15) is 29.8 Å². The van der Waals surface area contributed by atoms with E-state index in [0.717, 1.165) is 48.5 Å². The third-order valence-electron chi connectivity index (χ3n) is 2.63. The van der Waals surface area contributed by atoms with E-state index in [-0.39, 0.29) is 11.4 Å². The monoisotopic (exact) mass is 605 g/mol. The second-order valence-electron chi connectivity index (χ2n) is 4.50. The van der Waals surface area contributed by atoms with Crippen molar-refractivity contribution in [2.75, 3.05) is 0 Å². The SMILES string of the molecule is O=[N+]([O-])[O][Bi].O=c1ccc([N+](=O)[O-])ccc1O.O=c1ccc([N+](=O)[O-])ccc1O. The van der Waals surface area contributed by atoms with Crippen LogP contribution in [0.5, 0.6) is 11.5 Å². The average molecular weight is 605 g/mol. The molecule has 2 aromatic rings. The van der Waals surface area contributed by atoms with Gasteiger partial charge >= 0.3 is 43.3 Å². The Bertz CT molecular complexity index is 941. The minimum absolute atomic E-state index is 0.229. The first-order chi connectivity index (χ1) is 13.5. The molecule has 0 aliphatic heterocycles. The molecular formula is C14H10BiN3O11. The number of nitro groups is 2. The van der Waals surface area contributed by atoms with Gasteiger partial charge in [-0.05, 0) is 24.3 Å². The Labute approximate surface area is 175 Å². The zero-order valence-corrected chi connectivity index (χ0v) is 17.5. The van der Waals surface area contributed by atoms with Crippen molar-refractivity contribution in [1.29, 1.82) is 0 Å². The van der Waals surface area contributed by atoms with Crippen molar-refractivity contribution in [3.63, 3.8) is 0 Å². The predicted molar refractivity (Wildman–Crippen MR) is 95.9 cm³/mol. The first-order valence-corrected chi connectivity index (χ1v) is 8.33. The summed E-state index contributed by atoms with van der Waals surface area (Å²) in [5.41, 5.74) is -1.73. The standard InChI is InChI=1S/2C7H5NO4.Bi.NO3/c2*9-6-3-1-5(8(11)12)2-4-7(6)10;;2-1(3)4/h2*1-4H,(H,9,10);;/q;;+1;-1. The molecule has 0 aromatic heterocycles. The second-order valence-corrected chi connectivity index (χ2v) is 5.14. The van der Waals surface area contributed by atoms with Crippen LogP contribution in [0.4, 0.5) is 11.4 Å². The van der Waals surface area contributed by atoms with Crippen molar-refractivity contribution >= 4 is 36.5 Å². The van der Waals surface area contributed by atoms with E-state index in [1.54, 1.807) is 0 Å². The Hall–Kier alpha value is -3.74. The summed E-state index contributed by atoms with van der Waals surface area (Å²) in [6, 6.07) is 8.12. The number of hydrogen-bond acceptors (Lipinski definition) is 11. The van der Waals surface area contributed by atoms with E-state index >= 15 is 0 Å². The molecule has 15 heteroatoms. The van der Waals surface area contributed by atoms with Crippen LogP contribution in [-0.2, 0) is 2.91 Å². The summed E-state index contributed by atoms with van der Waals surface area (Å²) in [5.74, 6) is -0.994. The van der Waals surface area contributed by atoms with Crippen LogP contribution in [0.2, 0.25) is 0 Å². The Balaban J connectivity index is 0.000000442. The molecule has 2 radical (unpaired) electrons. The summed E-state index contributed by atoms with van der Waals surface area (Å²) in [7, 11) is 0. The Kier molecular flexibility index (Phi) is 11.0. The predicted octanol–water partition coefficient (Wildman–Crippen LogP) is 0.599. The summed E-state index contributed by atoms with van der Waals surface area (Å²) in [5, 5.41) is 46.2. The van der Waals surface area contributed by atoms with Crippen LogP contribution in [0.3, 0.4) is 0 Å². The summed E-state index contributed by atoms with van der Waals surface area (Å²) >= 11 is 0.340. The largest absolute Gasteiger partial charge is 0.504 e. The van der Waals surface area contributed by atoms with E-state index in [4.69, 9.17) is 20.3 Å². The molecule has 2 aromatic carbocycles. The fourth-order valence-corrected chi connectivity index (χ4v) is 1.34. The molecule has 0 heterocycles. The van der Waals surface area contributed by atoms with Crippen molar-refractivity contribution in [3.05, 3.63) is 99.3 Å². The fraction of sp³-hybridized carbons (Fsp3) is 0. The van der Waals surface area contributed by atoms with Crippen LogP contribution in [0.1, 0.15) is 0 Å². The number of hydrogen-bond donors (Lipinski definition) is 2. The van der Waals surface area contributed by atoms with Gasteiger partial charge in [-0.15, -0.1) is 0 Å². The summed E-state index contributed by atoms with van der Waals surface area (Å²) in [6.07, 6.45) is 0. The van der Waals surface area contributed by atoms with Gasteiger partial charge in [-0.25, -0.2) is 0 Å². The maximum absolute atomic E-state index is 10.7. The number of rotatable bonds is 3. The van der Waals surface area contributed by atoms with Crippen LogP contribution in [0.25, 0.3) is 0 Å². The van der Waals surface area contributed by atoms with Gasteiger partial charge in [-0.1, -0.05) is 0 Å². The van der Waals surface area contributed by atoms with Crippen LogP contribution in [0, 0.1) is 30.3 Å². The molecule has 14 nitrogen and oxygen atoms in total. The Morgan fingerprint density at radius 1 is 0.690 bits per heavy atom. The topological polar surface area (TPSA) is 213 Å². The van der Waals surface area contributed by atoms with E-state index in [1.807, 2.05) is 0 Å². The third kappa shape index (κ3) is 10.2. The van der Waals surface area contributed by atoms with Gasteiger partial charge < -0.3 is 10.2 Å². The quantitative estimate of drug-likeness (QED) is 0.281. The van der Waals surface area contributed by atoms with Crippen LogP contribution >= 0.6 is 0 Å². The molecule has 0 bridgehead atoms. The molecule has 0 aliphatic carbocycles. The van der Waals surface area contributed by atoms with Crippen LogP contribution in [-0.4, -0.2) is 50.3 Å². The van der Waals surface area contributed by atoms with Crippen molar-refractivity contribution in [3.8, 4) is 11.5 Å². The van der Waals surface area contributed by atoms with E-state index < -0.39 is 37.3 Å². The summed E-state index contributed by atoms with van der Waals surface area (Å²) in [4.78, 5) is 49.5. The van der Waals surface area contributed by atoms with Gasteiger partial charge in [0.25, 0.3) is 11.4 Å². The number of aromatic hydroxyl groups is 2. The first kappa shape index (κ1) is 25.3. The van der Waals surface area contributed by atoms with E-state index in [1.165, 1.54) is 0 Å². The maximum Gasteiger partial charge on any atom is 0.269 e. The number of nitrogens with zero attached hydrogens (tertiary/aromatic N) is 3. The molecule has 0 spiro atoms. The second kappa shape index (κ2) is 12.6. The third-order valence-corrected chi connectivity index (χ3v) is 3.15. The molecule has 0 saturated heterocycles. The summed E-state index contributed by atoms with van der Waals surface area (Å²) < 4.78 is 3.58. The van der Waals surface area contributed by atoms with E-state index in [0.29, 0.717) is 25.2 Å². The van der Waals surface area contributed by atoms with Gasteiger partial charge in [-0.2, -0.15) is 0 Å². The molecule has 2 N–H and O–H groups in total. The maximum atomic E-state index is 10.7. The molecule has 0 aliphatic rings. The minimum Gasteiger partial charge on any atom is -0.504 e. The van der Waals surface area contributed by atoms with Gasteiger partial charge in [0.2, 0.25) is 10.9 Å². The van der Waals surface area contributed by atoms with Crippen molar-refractivity contribution in [2.24, 2.45) is 0 Å². The first-order valence-electron chi connectivity index (χ1n) is 6.91. The van der Waals surface area contributed by atoms with Crippen molar-refractivity contribution in [2.45, 2.75) is 0 Å². The molecule has 0 saturated carbocycles. The molecule has 0 unspecified atom stereocenters. The zero-order chi connectivity index (χ0) is 22.6. The van der Waals surface area contributed by atoms with Gasteiger partial charge in [0.05, 0.1) is 9.85 Å². The fourth-order valence-electron chi connectivity index (χ4n) is 1.34. The van der Waals surface area contributed by atoms with Crippen molar-refractivity contribution < 1.29 is 28.1 Å². The normalized spacial score (nSPS) is 8.86. The van der Waals surface area contributed by atoms with Gasteiger partial charge in [0, 0.05) is 24.3 Å². The molecule has 0 atom stereocenters.